The van der Waals surface area contributed by atoms with Crippen LogP contribution in [0.25, 0.3) is 0 Å². The molecule has 0 radical (unpaired) electrons. The van der Waals surface area contributed by atoms with Gasteiger partial charge in [0.25, 0.3) is 0 Å². The first-order valence-electron chi connectivity index (χ1n) is 3.51. The Bertz CT molecular complexity index is 151. The van der Waals surface area contributed by atoms with E-state index in [-0.39, 0.29) is 0 Å². The van der Waals surface area contributed by atoms with Crippen molar-refractivity contribution < 1.29 is 14.3 Å². The zero-order valence-electron chi connectivity index (χ0n) is 6.38. The van der Waals surface area contributed by atoms with Crippen LogP contribution in [-0.4, -0.2) is 30.7 Å². The predicted octanol–water partition coefficient (Wildman–Crippen LogP) is 0.946. The Labute approximate surface area is 70.6 Å². The van der Waals surface area contributed by atoms with Gasteiger partial charge in [-0.2, -0.15) is 0 Å². The lowest BCUT2D eigenvalue weighted by Crippen LogP contribution is -2.43. The Kier molecular flexibility index (Phi) is 2.87. The maximum atomic E-state index is 10.3. The summed E-state index contributed by atoms with van der Waals surface area (Å²) in [6.45, 7) is 2.41. The van der Waals surface area contributed by atoms with E-state index in [1.807, 2.05) is 6.92 Å². The number of halogens is 1. The standard InChI is InChI=1S/C7H11ClO3/c1-7(5-8)2-3-10-6(4-9)11-7/h4,6H,2-3,5H2,1H3. The normalized spacial score (nSPS) is 38.5. The van der Waals surface area contributed by atoms with Crippen molar-refractivity contribution in [3.8, 4) is 0 Å². The van der Waals surface area contributed by atoms with E-state index in [2.05, 4.69) is 0 Å². The van der Waals surface area contributed by atoms with Gasteiger partial charge in [0.1, 0.15) is 0 Å². The van der Waals surface area contributed by atoms with Crippen LogP contribution in [0, 0.1) is 0 Å². The highest BCUT2D eigenvalue weighted by molar-refractivity contribution is 6.18. The van der Waals surface area contributed by atoms with Gasteiger partial charge in [-0.3, -0.25) is 4.79 Å². The Hall–Kier alpha value is -0.120. The number of carbonyl (C=O) groups excluding carboxylic acids is 1. The fourth-order valence-corrected chi connectivity index (χ4v) is 1.13. The molecule has 0 aromatic rings. The van der Waals surface area contributed by atoms with Crippen molar-refractivity contribution in [1.29, 1.82) is 0 Å². The molecule has 2 atom stereocenters. The smallest absolute Gasteiger partial charge is 0.215 e. The first-order valence-corrected chi connectivity index (χ1v) is 4.04. The molecule has 0 aliphatic carbocycles. The summed E-state index contributed by atoms with van der Waals surface area (Å²) in [5, 5.41) is 0. The number of aldehydes is 1. The summed E-state index contributed by atoms with van der Waals surface area (Å²) in [6, 6.07) is 0. The second-order valence-electron chi connectivity index (χ2n) is 2.83. The van der Waals surface area contributed by atoms with E-state index in [0.29, 0.717) is 18.8 Å². The summed E-state index contributed by atoms with van der Waals surface area (Å²) in [7, 11) is 0. The van der Waals surface area contributed by atoms with Crippen LogP contribution in [0.1, 0.15) is 13.3 Å². The third-order valence-corrected chi connectivity index (χ3v) is 2.27. The predicted molar refractivity (Wildman–Crippen MR) is 40.6 cm³/mol. The molecule has 1 aliphatic rings. The maximum absolute atomic E-state index is 10.3. The molecule has 0 saturated carbocycles. The van der Waals surface area contributed by atoms with Gasteiger partial charge in [0.2, 0.25) is 6.29 Å². The number of carbonyl (C=O) groups is 1. The minimum Gasteiger partial charge on any atom is -0.346 e. The van der Waals surface area contributed by atoms with Crippen LogP contribution in [0.3, 0.4) is 0 Å². The maximum Gasteiger partial charge on any atom is 0.215 e. The van der Waals surface area contributed by atoms with Crippen molar-refractivity contribution in [2.24, 2.45) is 0 Å². The zero-order chi connectivity index (χ0) is 8.32. The summed E-state index contributed by atoms with van der Waals surface area (Å²) in [4.78, 5) is 10.3. The number of rotatable bonds is 2. The van der Waals surface area contributed by atoms with Crippen LogP contribution in [0.2, 0.25) is 0 Å². The average Bonchev–Trinajstić information content (AvgIpc) is 2.05. The highest BCUT2D eigenvalue weighted by atomic mass is 35.5. The molecule has 2 unspecified atom stereocenters. The van der Waals surface area contributed by atoms with E-state index in [1.165, 1.54) is 0 Å². The Morgan fingerprint density at radius 3 is 3.09 bits per heavy atom. The number of hydrogen-bond acceptors (Lipinski definition) is 3. The molecule has 4 heteroatoms. The fourth-order valence-electron chi connectivity index (χ4n) is 0.930. The molecule has 11 heavy (non-hydrogen) atoms. The molecular weight excluding hydrogens is 168 g/mol. The van der Waals surface area contributed by atoms with E-state index < -0.39 is 11.9 Å². The lowest BCUT2D eigenvalue weighted by atomic mass is 10.1. The van der Waals surface area contributed by atoms with Crippen LogP contribution in [0.5, 0.6) is 0 Å². The van der Waals surface area contributed by atoms with Crippen molar-refractivity contribution in [2.45, 2.75) is 25.2 Å². The monoisotopic (exact) mass is 178 g/mol. The van der Waals surface area contributed by atoms with Gasteiger partial charge in [-0.25, -0.2) is 0 Å². The first kappa shape index (κ1) is 8.97. The second kappa shape index (κ2) is 3.52. The van der Waals surface area contributed by atoms with Crippen LogP contribution >= 0.6 is 11.6 Å². The van der Waals surface area contributed by atoms with Crippen molar-refractivity contribution in [2.75, 3.05) is 12.5 Å². The average molecular weight is 179 g/mol. The topological polar surface area (TPSA) is 35.5 Å². The number of alkyl halides is 1. The number of hydrogen-bond donors (Lipinski definition) is 0. The lowest BCUT2D eigenvalue weighted by Gasteiger charge is -2.34. The molecule has 3 nitrogen and oxygen atoms in total. The SMILES string of the molecule is CC1(CCl)CCOC(C=O)O1. The molecule has 1 heterocycles. The molecule has 0 spiro atoms. The molecule has 0 bridgehead atoms. The van der Waals surface area contributed by atoms with Crippen molar-refractivity contribution in [3.63, 3.8) is 0 Å². The van der Waals surface area contributed by atoms with Crippen molar-refractivity contribution in [1.82, 2.24) is 0 Å². The van der Waals surface area contributed by atoms with Gasteiger partial charge in [0, 0.05) is 6.42 Å². The Morgan fingerprint density at radius 1 is 1.82 bits per heavy atom. The van der Waals surface area contributed by atoms with Crippen LogP contribution in [0.15, 0.2) is 0 Å². The fraction of sp³-hybridized carbons (Fsp3) is 0.857. The third-order valence-electron chi connectivity index (χ3n) is 1.71. The molecule has 1 aliphatic heterocycles. The van der Waals surface area contributed by atoms with Gasteiger partial charge in [0.05, 0.1) is 18.1 Å². The molecule has 1 saturated heterocycles. The number of ether oxygens (including phenoxy) is 2. The van der Waals surface area contributed by atoms with Crippen molar-refractivity contribution >= 4 is 17.9 Å². The van der Waals surface area contributed by atoms with Gasteiger partial charge in [-0.05, 0) is 6.92 Å². The van der Waals surface area contributed by atoms with Gasteiger partial charge >= 0.3 is 0 Å². The Morgan fingerprint density at radius 2 is 2.55 bits per heavy atom. The van der Waals surface area contributed by atoms with Crippen LogP contribution in [0.4, 0.5) is 0 Å². The van der Waals surface area contributed by atoms with Gasteiger partial charge in [-0.1, -0.05) is 0 Å². The van der Waals surface area contributed by atoms with Crippen LogP contribution in [-0.2, 0) is 14.3 Å². The quantitative estimate of drug-likeness (QED) is 0.467. The first-order chi connectivity index (χ1) is 5.20. The molecule has 0 aromatic heterocycles. The van der Waals surface area contributed by atoms with E-state index in [0.717, 1.165) is 6.42 Å². The molecule has 0 amide bonds. The highest BCUT2D eigenvalue weighted by Crippen LogP contribution is 2.23. The van der Waals surface area contributed by atoms with Gasteiger partial charge in [-0.15, -0.1) is 11.6 Å². The molecular formula is C7H11ClO3. The van der Waals surface area contributed by atoms with Gasteiger partial charge in [0.15, 0.2) is 6.29 Å². The summed E-state index contributed by atoms with van der Waals surface area (Å²) in [6.07, 6.45) is 0.651. The van der Waals surface area contributed by atoms with Crippen molar-refractivity contribution in [3.05, 3.63) is 0 Å². The minimum absolute atomic E-state index is 0.390. The highest BCUT2D eigenvalue weighted by Gasteiger charge is 2.32. The second-order valence-corrected chi connectivity index (χ2v) is 3.09. The molecule has 64 valence electrons. The van der Waals surface area contributed by atoms with E-state index in [1.54, 1.807) is 0 Å². The van der Waals surface area contributed by atoms with E-state index in [9.17, 15) is 4.79 Å². The minimum atomic E-state index is -0.729. The summed E-state index contributed by atoms with van der Waals surface area (Å²) in [5.74, 6) is 0.390. The largest absolute Gasteiger partial charge is 0.346 e. The van der Waals surface area contributed by atoms with E-state index in [4.69, 9.17) is 21.1 Å². The molecule has 0 aromatic carbocycles. The molecule has 1 fully saturated rings. The van der Waals surface area contributed by atoms with Crippen LogP contribution < -0.4 is 0 Å². The Balaban J connectivity index is 2.51. The molecule has 0 N–H and O–H groups in total. The lowest BCUT2D eigenvalue weighted by molar-refractivity contribution is -0.228. The summed E-state index contributed by atoms with van der Waals surface area (Å²) >= 11 is 5.65. The summed E-state index contributed by atoms with van der Waals surface area (Å²) < 4.78 is 10.2. The van der Waals surface area contributed by atoms with E-state index >= 15 is 0 Å². The third kappa shape index (κ3) is 2.15. The summed E-state index contributed by atoms with van der Waals surface area (Å²) in [5.41, 5.74) is -0.397. The van der Waals surface area contributed by atoms with Gasteiger partial charge < -0.3 is 9.47 Å². The molecule has 1 rings (SSSR count). The zero-order valence-corrected chi connectivity index (χ0v) is 7.13.